The Morgan fingerprint density at radius 1 is 0.905 bits per heavy atom. The lowest BCUT2D eigenvalue weighted by atomic mass is 10.1. The molecule has 5 heteroatoms. The number of hydrogen-bond donors (Lipinski definition) is 2. The largest absolute Gasteiger partial charge is 0.313 e. The number of primary sulfonamides is 1. The van der Waals surface area contributed by atoms with Gasteiger partial charge in [0.15, 0.2) is 0 Å². The van der Waals surface area contributed by atoms with E-state index in [4.69, 9.17) is 5.14 Å². The quantitative estimate of drug-likeness (QED) is 0.769. The van der Waals surface area contributed by atoms with Gasteiger partial charge in [-0.25, -0.2) is 13.6 Å². The molecule has 0 aliphatic carbocycles. The van der Waals surface area contributed by atoms with Crippen molar-refractivity contribution < 1.29 is 8.42 Å². The Hall–Kier alpha value is -1.69. The molecule has 0 fully saturated rings. The van der Waals surface area contributed by atoms with Gasteiger partial charge in [0.1, 0.15) is 0 Å². The summed E-state index contributed by atoms with van der Waals surface area (Å²) in [7, 11) is -3.60. The molecule has 0 unspecified atom stereocenters. The first-order valence-corrected chi connectivity index (χ1v) is 8.47. The Labute approximate surface area is 126 Å². The summed E-state index contributed by atoms with van der Waals surface area (Å²) < 4.78 is 22.3. The molecule has 0 radical (unpaired) electrons. The number of sulfonamides is 1. The standard InChI is InChI=1S/C16H20N2O2S/c17-21(19,20)16-10-8-15(9-11-16)13-18-12-4-7-14-5-2-1-3-6-14/h1-3,5-6,8-11,18H,4,7,12-13H2,(H2,17,19,20). The topological polar surface area (TPSA) is 72.2 Å². The normalized spacial score (nSPS) is 11.5. The monoisotopic (exact) mass is 304 g/mol. The van der Waals surface area contributed by atoms with Gasteiger partial charge in [-0.2, -0.15) is 0 Å². The highest BCUT2D eigenvalue weighted by atomic mass is 32.2. The molecule has 2 rings (SSSR count). The second-order valence-electron chi connectivity index (χ2n) is 4.95. The zero-order valence-corrected chi connectivity index (χ0v) is 12.6. The maximum Gasteiger partial charge on any atom is 0.238 e. The Balaban J connectivity index is 1.71. The minimum Gasteiger partial charge on any atom is -0.313 e. The second-order valence-corrected chi connectivity index (χ2v) is 6.52. The van der Waals surface area contributed by atoms with Crippen molar-refractivity contribution in [3.05, 3.63) is 65.7 Å². The molecule has 0 spiro atoms. The van der Waals surface area contributed by atoms with Gasteiger partial charge in [-0.1, -0.05) is 42.5 Å². The van der Waals surface area contributed by atoms with Gasteiger partial charge in [-0.3, -0.25) is 0 Å². The molecular weight excluding hydrogens is 284 g/mol. The third-order valence-electron chi connectivity index (χ3n) is 3.24. The van der Waals surface area contributed by atoms with Gasteiger partial charge in [0.05, 0.1) is 4.90 Å². The number of aryl methyl sites for hydroxylation is 1. The van der Waals surface area contributed by atoms with E-state index < -0.39 is 10.0 Å². The van der Waals surface area contributed by atoms with Crippen molar-refractivity contribution in [3.63, 3.8) is 0 Å². The average molecular weight is 304 g/mol. The second kappa shape index (κ2) is 7.36. The van der Waals surface area contributed by atoms with Crippen LogP contribution in [0, 0.1) is 0 Å². The minimum absolute atomic E-state index is 0.148. The maximum absolute atomic E-state index is 11.1. The lowest BCUT2D eigenvalue weighted by molar-refractivity contribution is 0.597. The minimum atomic E-state index is -3.60. The van der Waals surface area contributed by atoms with E-state index in [1.54, 1.807) is 12.1 Å². The summed E-state index contributed by atoms with van der Waals surface area (Å²) in [5.41, 5.74) is 2.39. The van der Waals surface area contributed by atoms with Gasteiger partial charge >= 0.3 is 0 Å². The molecular formula is C16H20N2O2S. The number of hydrogen-bond acceptors (Lipinski definition) is 3. The van der Waals surface area contributed by atoms with Gasteiger partial charge < -0.3 is 5.32 Å². The maximum atomic E-state index is 11.1. The van der Waals surface area contributed by atoms with Crippen molar-refractivity contribution in [2.75, 3.05) is 6.54 Å². The number of rotatable bonds is 7. The summed E-state index contributed by atoms with van der Waals surface area (Å²) in [5, 5.41) is 8.41. The molecule has 21 heavy (non-hydrogen) atoms. The summed E-state index contributed by atoms with van der Waals surface area (Å²) in [4.78, 5) is 0.148. The fourth-order valence-electron chi connectivity index (χ4n) is 2.09. The Morgan fingerprint density at radius 2 is 1.57 bits per heavy atom. The van der Waals surface area contributed by atoms with Crippen LogP contribution < -0.4 is 10.5 Å². The summed E-state index contributed by atoms with van der Waals surface area (Å²) in [6.45, 7) is 1.64. The summed E-state index contributed by atoms with van der Waals surface area (Å²) in [6.07, 6.45) is 2.12. The zero-order valence-electron chi connectivity index (χ0n) is 11.8. The van der Waals surface area contributed by atoms with Crippen LogP contribution in [0.25, 0.3) is 0 Å². The van der Waals surface area contributed by atoms with Gasteiger partial charge in [0.25, 0.3) is 0 Å². The molecule has 0 aromatic heterocycles. The van der Waals surface area contributed by atoms with Crippen LogP contribution in [0.15, 0.2) is 59.5 Å². The molecule has 0 atom stereocenters. The van der Waals surface area contributed by atoms with Gasteiger partial charge in [-0.15, -0.1) is 0 Å². The molecule has 0 saturated carbocycles. The van der Waals surface area contributed by atoms with E-state index in [1.165, 1.54) is 17.7 Å². The average Bonchev–Trinajstić information content (AvgIpc) is 2.47. The molecule has 3 N–H and O–H groups in total. The van der Waals surface area contributed by atoms with Gasteiger partial charge in [0, 0.05) is 6.54 Å². The third-order valence-corrected chi connectivity index (χ3v) is 4.17. The molecule has 0 amide bonds. The first-order chi connectivity index (χ1) is 10.1. The van der Waals surface area contributed by atoms with E-state index in [0.717, 1.165) is 31.5 Å². The molecule has 4 nitrogen and oxygen atoms in total. The van der Waals surface area contributed by atoms with E-state index in [-0.39, 0.29) is 4.90 Å². The fourth-order valence-corrected chi connectivity index (χ4v) is 2.61. The molecule has 0 saturated heterocycles. The lowest BCUT2D eigenvalue weighted by Gasteiger charge is -2.06. The first-order valence-electron chi connectivity index (χ1n) is 6.92. The summed E-state index contributed by atoms with van der Waals surface area (Å²) in [6, 6.07) is 17.0. The van der Waals surface area contributed by atoms with Crippen LogP contribution in [-0.2, 0) is 23.0 Å². The molecule has 0 bridgehead atoms. The van der Waals surface area contributed by atoms with Crippen molar-refractivity contribution in [2.45, 2.75) is 24.3 Å². The number of nitrogens with two attached hydrogens (primary N) is 1. The van der Waals surface area contributed by atoms with E-state index in [2.05, 4.69) is 29.6 Å². The highest BCUT2D eigenvalue weighted by Gasteiger charge is 2.06. The van der Waals surface area contributed by atoms with Crippen molar-refractivity contribution in [3.8, 4) is 0 Å². The van der Waals surface area contributed by atoms with E-state index in [1.807, 2.05) is 6.07 Å². The smallest absolute Gasteiger partial charge is 0.238 e. The number of benzene rings is 2. The molecule has 0 aliphatic heterocycles. The van der Waals surface area contributed by atoms with Crippen LogP contribution in [0.2, 0.25) is 0 Å². The first kappa shape index (κ1) is 15.7. The molecule has 2 aromatic carbocycles. The SMILES string of the molecule is NS(=O)(=O)c1ccc(CNCCCc2ccccc2)cc1. The molecule has 112 valence electrons. The van der Waals surface area contributed by atoms with Crippen LogP contribution in [-0.4, -0.2) is 15.0 Å². The van der Waals surface area contributed by atoms with Crippen molar-refractivity contribution in [1.29, 1.82) is 0 Å². The zero-order chi connectivity index (χ0) is 15.1. The Bertz CT molecular complexity index is 652. The molecule has 0 aliphatic rings. The van der Waals surface area contributed by atoms with Crippen LogP contribution in [0.3, 0.4) is 0 Å². The summed E-state index contributed by atoms with van der Waals surface area (Å²) in [5.74, 6) is 0. The van der Waals surface area contributed by atoms with Crippen LogP contribution in [0.1, 0.15) is 17.5 Å². The van der Waals surface area contributed by atoms with Crippen LogP contribution in [0.4, 0.5) is 0 Å². The Kier molecular flexibility index (Phi) is 5.50. The summed E-state index contributed by atoms with van der Waals surface area (Å²) >= 11 is 0. The lowest BCUT2D eigenvalue weighted by Crippen LogP contribution is -2.16. The highest BCUT2D eigenvalue weighted by molar-refractivity contribution is 7.89. The van der Waals surface area contributed by atoms with Crippen molar-refractivity contribution >= 4 is 10.0 Å². The predicted octanol–water partition coefficient (Wildman–Crippen LogP) is 2.06. The van der Waals surface area contributed by atoms with Crippen molar-refractivity contribution in [1.82, 2.24) is 5.32 Å². The number of nitrogens with one attached hydrogen (secondary N) is 1. The van der Waals surface area contributed by atoms with Crippen LogP contribution >= 0.6 is 0 Å². The third kappa shape index (κ3) is 5.30. The predicted molar refractivity (Wildman–Crippen MR) is 84.3 cm³/mol. The van der Waals surface area contributed by atoms with Crippen LogP contribution in [0.5, 0.6) is 0 Å². The van der Waals surface area contributed by atoms with E-state index >= 15 is 0 Å². The van der Waals surface area contributed by atoms with Crippen molar-refractivity contribution in [2.24, 2.45) is 5.14 Å². The Morgan fingerprint density at radius 3 is 2.19 bits per heavy atom. The van der Waals surface area contributed by atoms with E-state index in [9.17, 15) is 8.42 Å². The van der Waals surface area contributed by atoms with E-state index in [0.29, 0.717) is 0 Å². The van der Waals surface area contributed by atoms with Gasteiger partial charge in [-0.05, 0) is 42.6 Å². The fraction of sp³-hybridized carbons (Fsp3) is 0.250. The molecule has 0 heterocycles. The molecule has 2 aromatic rings. The van der Waals surface area contributed by atoms with Gasteiger partial charge in [0.2, 0.25) is 10.0 Å². The highest BCUT2D eigenvalue weighted by Crippen LogP contribution is 2.08.